The van der Waals surface area contributed by atoms with Crippen molar-refractivity contribution in [3.63, 3.8) is 0 Å². The zero-order valence-corrected chi connectivity index (χ0v) is 15.2. The summed E-state index contributed by atoms with van der Waals surface area (Å²) in [5, 5.41) is 2.86. The Morgan fingerprint density at radius 1 is 1.04 bits per heavy atom. The van der Waals surface area contributed by atoms with Crippen LogP contribution in [-0.4, -0.2) is 25.2 Å². The predicted molar refractivity (Wildman–Crippen MR) is 101 cm³/mol. The molecule has 0 saturated heterocycles. The lowest BCUT2D eigenvalue weighted by atomic mass is 10.2. The van der Waals surface area contributed by atoms with Gasteiger partial charge in [-0.2, -0.15) is 0 Å². The zero-order valence-electron chi connectivity index (χ0n) is 15.2. The molecule has 5 nitrogen and oxygen atoms in total. The molecule has 1 aliphatic carbocycles. The van der Waals surface area contributed by atoms with E-state index in [0.717, 1.165) is 24.3 Å². The monoisotopic (exact) mass is 355 g/mol. The third-order valence-corrected chi connectivity index (χ3v) is 4.45. The maximum Gasteiger partial charge on any atom is 0.265 e. The molecule has 3 rings (SSSR count). The van der Waals surface area contributed by atoms with Crippen LogP contribution in [0.25, 0.3) is 0 Å². The van der Waals surface area contributed by atoms with E-state index < -0.39 is 6.10 Å². The Morgan fingerprint density at radius 3 is 2.42 bits per heavy atom. The van der Waals surface area contributed by atoms with Crippen molar-refractivity contribution in [1.82, 2.24) is 0 Å². The molecule has 0 unspecified atom stereocenters. The zero-order chi connectivity index (χ0) is 18.4. The normalized spacial score (nSPS) is 15.3. The van der Waals surface area contributed by atoms with Crippen molar-refractivity contribution in [1.29, 1.82) is 0 Å². The van der Waals surface area contributed by atoms with Gasteiger partial charge in [0.2, 0.25) is 0 Å². The highest BCUT2D eigenvalue weighted by atomic mass is 16.5. The van der Waals surface area contributed by atoms with E-state index >= 15 is 0 Å². The molecule has 0 heterocycles. The number of hydrogen-bond donors (Lipinski definition) is 1. The molecule has 138 valence electrons. The van der Waals surface area contributed by atoms with E-state index in [1.807, 2.05) is 36.4 Å². The largest absolute Gasteiger partial charge is 0.497 e. The van der Waals surface area contributed by atoms with Gasteiger partial charge in [0.15, 0.2) is 6.10 Å². The molecule has 0 bridgehead atoms. The summed E-state index contributed by atoms with van der Waals surface area (Å²) in [6.45, 7) is 1.71. The summed E-state index contributed by atoms with van der Waals surface area (Å²) in [6, 6.07) is 14.7. The van der Waals surface area contributed by atoms with Crippen LogP contribution in [0.2, 0.25) is 0 Å². The molecule has 0 radical (unpaired) electrons. The maximum absolute atomic E-state index is 12.3. The highest BCUT2D eigenvalue weighted by Gasteiger charge is 2.17. The fraction of sp³-hybridized carbons (Fsp3) is 0.381. The van der Waals surface area contributed by atoms with Gasteiger partial charge in [-0.05, 0) is 69.0 Å². The number of methoxy groups -OCH3 is 1. The summed E-state index contributed by atoms with van der Waals surface area (Å²) in [6.07, 6.45) is 4.42. The number of hydrogen-bond acceptors (Lipinski definition) is 4. The van der Waals surface area contributed by atoms with Crippen LogP contribution >= 0.6 is 0 Å². The van der Waals surface area contributed by atoms with Crippen LogP contribution in [0.1, 0.15) is 32.6 Å². The molecule has 26 heavy (non-hydrogen) atoms. The fourth-order valence-electron chi connectivity index (χ4n) is 2.99. The minimum absolute atomic E-state index is 0.211. The van der Waals surface area contributed by atoms with Crippen LogP contribution in [0.15, 0.2) is 48.5 Å². The van der Waals surface area contributed by atoms with Crippen LogP contribution in [-0.2, 0) is 4.79 Å². The molecule has 0 spiro atoms. The predicted octanol–water partition coefficient (Wildman–Crippen LogP) is 4.42. The van der Waals surface area contributed by atoms with Crippen molar-refractivity contribution >= 4 is 11.6 Å². The summed E-state index contributed by atoms with van der Waals surface area (Å²) in [5.41, 5.74) is 0.717. The first-order valence-corrected chi connectivity index (χ1v) is 9.02. The van der Waals surface area contributed by atoms with Crippen molar-refractivity contribution < 1.29 is 19.0 Å². The number of carbonyl (C=O) groups is 1. The second-order valence-corrected chi connectivity index (χ2v) is 6.48. The van der Waals surface area contributed by atoms with E-state index in [2.05, 4.69) is 5.32 Å². The Labute approximate surface area is 154 Å². The average Bonchev–Trinajstić information content (AvgIpc) is 3.16. The molecule has 1 amide bonds. The highest BCUT2D eigenvalue weighted by Crippen LogP contribution is 2.25. The highest BCUT2D eigenvalue weighted by molar-refractivity contribution is 5.94. The van der Waals surface area contributed by atoms with Crippen LogP contribution in [0, 0.1) is 0 Å². The van der Waals surface area contributed by atoms with Gasteiger partial charge >= 0.3 is 0 Å². The van der Waals surface area contributed by atoms with Gasteiger partial charge in [0.1, 0.15) is 17.2 Å². The number of nitrogens with one attached hydrogen (secondary N) is 1. The van der Waals surface area contributed by atoms with Crippen molar-refractivity contribution in [2.75, 3.05) is 12.4 Å². The molecule has 2 aromatic rings. The first-order chi connectivity index (χ1) is 12.6. The van der Waals surface area contributed by atoms with Crippen molar-refractivity contribution in [3.8, 4) is 17.2 Å². The molecule has 1 saturated carbocycles. The maximum atomic E-state index is 12.3. The molecule has 1 fully saturated rings. The molecule has 1 N–H and O–H groups in total. The summed E-state index contributed by atoms with van der Waals surface area (Å²) in [4.78, 5) is 12.3. The number of benzene rings is 2. The average molecular weight is 355 g/mol. The van der Waals surface area contributed by atoms with Crippen LogP contribution < -0.4 is 19.5 Å². The lowest BCUT2D eigenvalue weighted by molar-refractivity contribution is -0.122. The first kappa shape index (κ1) is 18.1. The lowest BCUT2D eigenvalue weighted by Gasteiger charge is -2.16. The number of amides is 1. The first-order valence-electron chi connectivity index (χ1n) is 9.02. The third-order valence-electron chi connectivity index (χ3n) is 4.45. The minimum atomic E-state index is -0.628. The molecular formula is C21H25NO4. The van der Waals surface area contributed by atoms with Gasteiger partial charge in [-0.25, -0.2) is 0 Å². The van der Waals surface area contributed by atoms with Crippen molar-refractivity contribution in [2.24, 2.45) is 0 Å². The molecule has 0 aromatic heterocycles. The van der Waals surface area contributed by atoms with Crippen LogP contribution in [0.5, 0.6) is 17.2 Å². The smallest absolute Gasteiger partial charge is 0.265 e. The minimum Gasteiger partial charge on any atom is -0.497 e. The molecule has 1 atom stereocenters. The quantitative estimate of drug-likeness (QED) is 0.799. The molecule has 2 aromatic carbocycles. The summed E-state index contributed by atoms with van der Waals surface area (Å²) in [5.74, 6) is 1.91. The molecule has 1 aliphatic rings. The molecular weight excluding hydrogens is 330 g/mol. The fourth-order valence-corrected chi connectivity index (χ4v) is 2.99. The van der Waals surface area contributed by atoms with Gasteiger partial charge < -0.3 is 19.5 Å². The van der Waals surface area contributed by atoms with E-state index in [1.165, 1.54) is 12.8 Å². The topological polar surface area (TPSA) is 56.8 Å². The van der Waals surface area contributed by atoms with Crippen molar-refractivity contribution in [2.45, 2.75) is 44.8 Å². The van der Waals surface area contributed by atoms with Gasteiger partial charge in [-0.3, -0.25) is 4.79 Å². The van der Waals surface area contributed by atoms with Gasteiger partial charge in [0, 0.05) is 11.8 Å². The standard InChI is InChI=1S/C21H25NO4/c1-15(25-20-9-5-8-19(14-20)24-2)21(23)22-16-10-12-18(13-11-16)26-17-6-3-4-7-17/h5,8-15,17H,3-4,6-7H2,1-2H3,(H,22,23)/t15-/m0/s1. The molecule has 0 aliphatic heterocycles. The Bertz CT molecular complexity index is 723. The number of anilines is 1. The Hall–Kier alpha value is -2.69. The molecule has 5 heteroatoms. The van der Waals surface area contributed by atoms with Gasteiger partial charge in [-0.15, -0.1) is 0 Å². The number of ether oxygens (including phenoxy) is 3. The van der Waals surface area contributed by atoms with Gasteiger partial charge in [-0.1, -0.05) is 6.07 Å². The van der Waals surface area contributed by atoms with E-state index in [0.29, 0.717) is 17.6 Å². The summed E-state index contributed by atoms with van der Waals surface area (Å²) < 4.78 is 16.8. The Kier molecular flexibility index (Phi) is 6.00. The van der Waals surface area contributed by atoms with Gasteiger partial charge in [0.05, 0.1) is 13.2 Å². The van der Waals surface area contributed by atoms with E-state index in [1.54, 1.807) is 26.2 Å². The second-order valence-electron chi connectivity index (χ2n) is 6.48. The van der Waals surface area contributed by atoms with Crippen molar-refractivity contribution in [3.05, 3.63) is 48.5 Å². The summed E-state index contributed by atoms with van der Waals surface area (Å²) >= 11 is 0. The Morgan fingerprint density at radius 2 is 1.73 bits per heavy atom. The van der Waals surface area contributed by atoms with Crippen LogP contribution in [0.3, 0.4) is 0 Å². The summed E-state index contributed by atoms with van der Waals surface area (Å²) in [7, 11) is 1.59. The van der Waals surface area contributed by atoms with Gasteiger partial charge in [0.25, 0.3) is 5.91 Å². The van der Waals surface area contributed by atoms with E-state index in [9.17, 15) is 4.79 Å². The Balaban J connectivity index is 1.53. The lowest BCUT2D eigenvalue weighted by Crippen LogP contribution is -2.30. The number of rotatable bonds is 7. The van der Waals surface area contributed by atoms with E-state index in [-0.39, 0.29) is 5.91 Å². The van der Waals surface area contributed by atoms with E-state index in [4.69, 9.17) is 14.2 Å². The number of carbonyl (C=O) groups excluding carboxylic acids is 1. The van der Waals surface area contributed by atoms with Crippen LogP contribution in [0.4, 0.5) is 5.69 Å². The SMILES string of the molecule is COc1cccc(O[C@@H](C)C(=O)Nc2ccc(OC3CCCC3)cc2)c1. The third kappa shape index (κ3) is 4.91. The second kappa shape index (κ2) is 8.61.